The van der Waals surface area contributed by atoms with Crippen LogP contribution in [0.2, 0.25) is 0 Å². The number of hydrogen-bond donors (Lipinski definition) is 1. The van der Waals surface area contributed by atoms with Crippen LogP contribution < -0.4 is 0 Å². The van der Waals surface area contributed by atoms with Gasteiger partial charge >= 0.3 is 5.97 Å². The molecule has 0 spiro atoms. The molecule has 0 bridgehead atoms. The summed E-state index contributed by atoms with van der Waals surface area (Å²) in [5.41, 5.74) is 1.00. The van der Waals surface area contributed by atoms with Gasteiger partial charge in [0.25, 0.3) is 0 Å². The van der Waals surface area contributed by atoms with Gasteiger partial charge in [-0.25, -0.2) is 4.79 Å². The fourth-order valence-corrected chi connectivity index (χ4v) is 1.15. The van der Waals surface area contributed by atoms with E-state index in [0.717, 1.165) is 0 Å². The van der Waals surface area contributed by atoms with Gasteiger partial charge in [-0.05, 0) is 18.1 Å². The first kappa shape index (κ1) is 10.0. The van der Waals surface area contributed by atoms with Crippen molar-refractivity contribution < 1.29 is 9.90 Å². The number of carboxylic acids is 1. The summed E-state index contributed by atoms with van der Waals surface area (Å²) in [6.07, 6.45) is 3.45. The predicted octanol–water partition coefficient (Wildman–Crippen LogP) is 2.01. The largest absolute Gasteiger partial charge is 0.478 e. The quantitative estimate of drug-likeness (QED) is 0.736. The standard InChI is InChI=1S/C11H9NO2/c12-8-4-3-6-9-5-1-2-7-10(9)11(13)14/h1-5,7H,6H2,(H,13,14)/b4-3+. The number of aromatic carboxylic acids is 1. The molecule has 0 aromatic heterocycles. The van der Waals surface area contributed by atoms with Gasteiger partial charge in [0.15, 0.2) is 0 Å². The second-order valence-corrected chi connectivity index (χ2v) is 2.70. The van der Waals surface area contributed by atoms with E-state index < -0.39 is 5.97 Å². The fourth-order valence-electron chi connectivity index (χ4n) is 1.15. The van der Waals surface area contributed by atoms with E-state index in [-0.39, 0.29) is 5.56 Å². The van der Waals surface area contributed by atoms with Crippen molar-refractivity contribution in [3.05, 3.63) is 47.5 Å². The molecule has 1 rings (SSSR count). The third-order valence-corrected chi connectivity index (χ3v) is 1.78. The fraction of sp³-hybridized carbons (Fsp3) is 0.0909. The van der Waals surface area contributed by atoms with Gasteiger partial charge in [0.05, 0.1) is 11.6 Å². The highest BCUT2D eigenvalue weighted by Crippen LogP contribution is 2.09. The molecule has 0 atom stereocenters. The minimum absolute atomic E-state index is 0.287. The summed E-state index contributed by atoms with van der Waals surface area (Å²) in [5, 5.41) is 17.1. The van der Waals surface area contributed by atoms with Crippen LogP contribution in [0.1, 0.15) is 15.9 Å². The van der Waals surface area contributed by atoms with E-state index in [1.807, 2.05) is 6.07 Å². The lowest BCUT2D eigenvalue weighted by atomic mass is 10.0. The topological polar surface area (TPSA) is 61.1 Å². The lowest BCUT2D eigenvalue weighted by molar-refractivity contribution is 0.0696. The molecule has 14 heavy (non-hydrogen) atoms. The highest BCUT2D eigenvalue weighted by atomic mass is 16.4. The van der Waals surface area contributed by atoms with Gasteiger partial charge in [-0.2, -0.15) is 5.26 Å². The Labute approximate surface area is 81.9 Å². The number of carbonyl (C=O) groups is 1. The molecule has 0 fully saturated rings. The monoisotopic (exact) mass is 187 g/mol. The first-order valence-corrected chi connectivity index (χ1v) is 4.11. The molecule has 1 aromatic carbocycles. The van der Waals surface area contributed by atoms with Crippen LogP contribution in [0.25, 0.3) is 0 Å². The van der Waals surface area contributed by atoms with Gasteiger partial charge < -0.3 is 5.11 Å². The zero-order valence-corrected chi connectivity index (χ0v) is 7.47. The van der Waals surface area contributed by atoms with E-state index in [0.29, 0.717) is 12.0 Å². The van der Waals surface area contributed by atoms with Crippen LogP contribution in [0.5, 0.6) is 0 Å². The van der Waals surface area contributed by atoms with Gasteiger partial charge in [-0.15, -0.1) is 0 Å². The molecule has 0 radical (unpaired) electrons. The maximum Gasteiger partial charge on any atom is 0.335 e. The van der Waals surface area contributed by atoms with Gasteiger partial charge in [-0.3, -0.25) is 0 Å². The number of nitriles is 1. The molecule has 3 nitrogen and oxygen atoms in total. The Morgan fingerprint density at radius 2 is 2.21 bits per heavy atom. The van der Waals surface area contributed by atoms with E-state index in [1.165, 1.54) is 6.08 Å². The molecule has 70 valence electrons. The maximum atomic E-state index is 10.8. The third kappa shape index (κ3) is 2.46. The number of carboxylic acid groups (broad SMARTS) is 1. The molecule has 0 saturated carbocycles. The first-order chi connectivity index (χ1) is 6.75. The molecular formula is C11H9NO2. The molecule has 0 aliphatic carbocycles. The molecule has 0 unspecified atom stereocenters. The minimum Gasteiger partial charge on any atom is -0.478 e. The van der Waals surface area contributed by atoms with Crippen LogP contribution in [-0.2, 0) is 6.42 Å². The lowest BCUT2D eigenvalue weighted by Crippen LogP contribution is -2.00. The van der Waals surface area contributed by atoms with Crippen molar-refractivity contribution in [2.75, 3.05) is 0 Å². The van der Waals surface area contributed by atoms with E-state index in [1.54, 1.807) is 30.3 Å². The summed E-state index contributed by atoms with van der Waals surface area (Å²) in [4.78, 5) is 10.8. The van der Waals surface area contributed by atoms with Crippen LogP contribution in [0.4, 0.5) is 0 Å². The molecule has 0 saturated heterocycles. The molecule has 0 aliphatic rings. The third-order valence-electron chi connectivity index (χ3n) is 1.78. The molecule has 1 N–H and O–H groups in total. The molecule has 3 heteroatoms. The van der Waals surface area contributed by atoms with Gasteiger partial charge in [-0.1, -0.05) is 24.3 Å². The maximum absolute atomic E-state index is 10.8. The highest BCUT2D eigenvalue weighted by Gasteiger charge is 2.06. The average molecular weight is 187 g/mol. The van der Waals surface area contributed by atoms with E-state index in [2.05, 4.69) is 0 Å². The Bertz CT molecular complexity index is 402. The summed E-state index contributed by atoms with van der Waals surface area (Å²) in [7, 11) is 0. The zero-order valence-electron chi connectivity index (χ0n) is 7.47. The van der Waals surface area contributed by atoms with E-state index in [4.69, 9.17) is 10.4 Å². The second kappa shape index (κ2) is 4.83. The number of hydrogen-bond acceptors (Lipinski definition) is 2. The normalized spacial score (nSPS) is 9.93. The zero-order chi connectivity index (χ0) is 10.4. The number of allylic oxidation sites excluding steroid dienone is 2. The van der Waals surface area contributed by atoms with Crippen molar-refractivity contribution in [1.82, 2.24) is 0 Å². The number of benzene rings is 1. The Kier molecular flexibility index (Phi) is 3.45. The molecule has 0 amide bonds. The van der Waals surface area contributed by atoms with Crippen LogP contribution in [0.15, 0.2) is 36.4 Å². The Morgan fingerprint density at radius 1 is 1.50 bits per heavy atom. The number of rotatable bonds is 3. The van der Waals surface area contributed by atoms with Gasteiger partial charge in [0.1, 0.15) is 0 Å². The predicted molar refractivity (Wildman–Crippen MR) is 51.9 cm³/mol. The first-order valence-electron chi connectivity index (χ1n) is 4.11. The van der Waals surface area contributed by atoms with Crippen molar-refractivity contribution in [2.45, 2.75) is 6.42 Å². The molecule has 0 aliphatic heterocycles. The minimum atomic E-state index is -0.939. The summed E-state index contributed by atoms with van der Waals surface area (Å²) in [5.74, 6) is -0.939. The van der Waals surface area contributed by atoms with Gasteiger partial charge in [0.2, 0.25) is 0 Å². The van der Waals surface area contributed by atoms with Crippen molar-refractivity contribution in [3.8, 4) is 6.07 Å². The van der Waals surface area contributed by atoms with Crippen LogP contribution >= 0.6 is 0 Å². The average Bonchev–Trinajstić information content (AvgIpc) is 2.19. The van der Waals surface area contributed by atoms with E-state index >= 15 is 0 Å². The van der Waals surface area contributed by atoms with Crippen LogP contribution in [-0.4, -0.2) is 11.1 Å². The molecular weight excluding hydrogens is 178 g/mol. The van der Waals surface area contributed by atoms with Crippen molar-refractivity contribution in [2.24, 2.45) is 0 Å². The second-order valence-electron chi connectivity index (χ2n) is 2.70. The van der Waals surface area contributed by atoms with Crippen molar-refractivity contribution in [3.63, 3.8) is 0 Å². The Hall–Kier alpha value is -2.08. The number of nitrogens with zero attached hydrogens (tertiary/aromatic N) is 1. The summed E-state index contributed by atoms with van der Waals surface area (Å²) >= 11 is 0. The van der Waals surface area contributed by atoms with Crippen LogP contribution in [0.3, 0.4) is 0 Å². The van der Waals surface area contributed by atoms with Gasteiger partial charge in [0, 0.05) is 6.08 Å². The lowest BCUT2D eigenvalue weighted by Gasteiger charge is -2.01. The highest BCUT2D eigenvalue weighted by molar-refractivity contribution is 5.89. The van der Waals surface area contributed by atoms with E-state index in [9.17, 15) is 4.79 Å². The van der Waals surface area contributed by atoms with Crippen molar-refractivity contribution >= 4 is 5.97 Å². The summed E-state index contributed by atoms with van der Waals surface area (Å²) < 4.78 is 0. The Morgan fingerprint density at radius 3 is 2.86 bits per heavy atom. The van der Waals surface area contributed by atoms with Crippen LogP contribution in [0, 0.1) is 11.3 Å². The smallest absolute Gasteiger partial charge is 0.335 e. The summed E-state index contributed by atoms with van der Waals surface area (Å²) in [6, 6.07) is 8.61. The summed E-state index contributed by atoms with van der Waals surface area (Å²) in [6.45, 7) is 0. The SMILES string of the molecule is N#C/C=C/Cc1ccccc1C(=O)O. The van der Waals surface area contributed by atoms with Crippen molar-refractivity contribution in [1.29, 1.82) is 5.26 Å². The molecule has 1 aromatic rings. The molecule has 0 heterocycles. The Balaban J connectivity index is 2.91.